The van der Waals surface area contributed by atoms with Gasteiger partial charge in [0.05, 0.1) is 23.7 Å². The van der Waals surface area contributed by atoms with Gasteiger partial charge in [-0.05, 0) is 23.4 Å². The number of morpholine rings is 1. The smallest absolute Gasteiger partial charge is 0.268 e. The maximum Gasteiger partial charge on any atom is 0.268 e. The third-order valence-corrected chi connectivity index (χ3v) is 5.50. The monoisotopic (exact) mass is 380 g/mol. The molecule has 0 radical (unpaired) electrons. The van der Waals surface area contributed by atoms with Gasteiger partial charge in [-0.3, -0.25) is 19.4 Å². The zero-order valence-electron chi connectivity index (χ0n) is 14.2. The predicted octanol–water partition coefficient (Wildman–Crippen LogP) is 2.51. The van der Waals surface area contributed by atoms with Crippen molar-refractivity contribution in [3.05, 3.63) is 39.8 Å². The number of carbonyl (C=O) groups excluding carboxylic acids is 2. The molecule has 2 amide bonds. The minimum Gasteiger partial charge on any atom is -0.379 e. The van der Waals surface area contributed by atoms with Crippen LogP contribution >= 0.6 is 23.4 Å². The van der Waals surface area contributed by atoms with E-state index < -0.39 is 0 Å². The van der Waals surface area contributed by atoms with Gasteiger partial charge in [-0.2, -0.15) is 0 Å². The molecular formula is C18H21ClN2O3S. The highest BCUT2D eigenvalue weighted by Crippen LogP contribution is 2.36. The van der Waals surface area contributed by atoms with Crippen molar-refractivity contribution in [1.82, 2.24) is 9.80 Å². The number of amides is 2. The average molecular weight is 381 g/mol. The predicted molar refractivity (Wildman–Crippen MR) is 100 cm³/mol. The molecule has 0 spiro atoms. The van der Waals surface area contributed by atoms with Crippen LogP contribution in [-0.4, -0.2) is 66.8 Å². The van der Waals surface area contributed by atoms with E-state index in [9.17, 15) is 9.59 Å². The maximum atomic E-state index is 12.9. The molecule has 5 nitrogen and oxygen atoms in total. The normalized spacial score (nSPS) is 19.2. The summed E-state index contributed by atoms with van der Waals surface area (Å²) in [6.45, 7) is 6.14. The Balaban J connectivity index is 1.78. The lowest BCUT2D eigenvalue weighted by Crippen LogP contribution is -2.43. The summed E-state index contributed by atoms with van der Waals surface area (Å²) in [5, 5.41) is 0.606. The second-order valence-corrected chi connectivity index (χ2v) is 7.57. The van der Waals surface area contributed by atoms with Crippen LogP contribution in [0.25, 0.3) is 5.57 Å². The largest absolute Gasteiger partial charge is 0.379 e. The highest BCUT2D eigenvalue weighted by Gasteiger charge is 2.38. The molecule has 0 saturated carbocycles. The Bertz CT molecular complexity index is 684. The van der Waals surface area contributed by atoms with Crippen LogP contribution in [-0.2, 0) is 14.3 Å². The van der Waals surface area contributed by atoms with E-state index in [0.717, 1.165) is 24.4 Å². The van der Waals surface area contributed by atoms with Crippen LogP contribution in [0.1, 0.15) is 12.5 Å². The SMILES string of the molecule is CCSC1=C(c2ccc(Cl)cc2)C(=O)N(CCN2CCOCC2)C1=O. The molecule has 2 aliphatic heterocycles. The Hall–Kier alpha value is -1.34. The van der Waals surface area contributed by atoms with Gasteiger partial charge < -0.3 is 4.74 Å². The van der Waals surface area contributed by atoms with Gasteiger partial charge in [-0.25, -0.2) is 0 Å². The molecule has 1 saturated heterocycles. The first-order valence-corrected chi connectivity index (χ1v) is 9.77. The van der Waals surface area contributed by atoms with E-state index in [-0.39, 0.29) is 11.8 Å². The molecule has 3 rings (SSSR count). The minimum atomic E-state index is -0.212. The van der Waals surface area contributed by atoms with Crippen LogP contribution < -0.4 is 0 Å². The highest BCUT2D eigenvalue weighted by molar-refractivity contribution is 8.04. The quantitative estimate of drug-likeness (QED) is 0.710. The van der Waals surface area contributed by atoms with Crippen molar-refractivity contribution in [3.63, 3.8) is 0 Å². The molecule has 1 fully saturated rings. The topological polar surface area (TPSA) is 49.9 Å². The number of carbonyl (C=O) groups is 2. The molecule has 0 unspecified atom stereocenters. The number of imide groups is 1. The molecule has 0 aliphatic carbocycles. The lowest BCUT2D eigenvalue weighted by molar-refractivity contribution is -0.136. The van der Waals surface area contributed by atoms with Gasteiger partial charge in [-0.15, -0.1) is 11.8 Å². The summed E-state index contributed by atoms with van der Waals surface area (Å²) < 4.78 is 5.34. The van der Waals surface area contributed by atoms with Crippen LogP contribution in [0.4, 0.5) is 0 Å². The van der Waals surface area contributed by atoms with E-state index in [1.165, 1.54) is 16.7 Å². The lowest BCUT2D eigenvalue weighted by atomic mass is 10.1. The summed E-state index contributed by atoms with van der Waals surface area (Å²) in [5.41, 5.74) is 1.24. The van der Waals surface area contributed by atoms with Crippen molar-refractivity contribution in [2.45, 2.75) is 6.92 Å². The number of hydrogen-bond acceptors (Lipinski definition) is 5. The second-order valence-electron chi connectivity index (χ2n) is 5.86. The van der Waals surface area contributed by atoms with E-state index in [0.29, 0.717) is 41.8 Å². The second kappa shape index (κ2) is 8.36. The first kappa shape index (κ1) is 18.5. The van der Waals surface area contributed by atoms with Crippen LogP contribution in [0, 0.1) is 0 Å². The van der Waals surface area contributed by atoms with E-state index in [1.807, 2.05) is 6.92 Å². The Morgan fingerprint density at radius 3 is 2.40 bits per heavy atom. The molecule has 0 atom stereocenters. The lowest BCUT2D eigenvalue weighted by Gasteiger charge is -2.28. The Kier molecular flexibility index (Phi) is 6.17. The van der Waals surface area contributed by atoms with Crippen LogP contribution in [0.2, 0.25) is 5.02 Å². The van der Waals surface area contributed by atoms with Crippen molar-refractivity contribution in [2.75, 3.05) is 45.1 Å². The van der Waals surface area contributed by atoms with Gasteiger partial charge in [-0.1, -0.05) is 30.7 Å². The van der Waals surface area contributed by atoms with Gasteiger partial charge in [0.1, 0.15) is 0 Å². The molecule has 25 heavy (non-hydrogen) atoms. The first-order chi connectivity index (χ1) is 12.1. The Morgan fingerprint density at radius 1 is 1.08 bits per heavy atom. The minimum absolute atomic E-state index is 0.185. The molecular weight excluding hydrogens is 360 g/mol. The van der Waals surface area contributed by atoms with Crippen molar-refractivity contribution in [3.8, 4) is 0 Å². The number of rotatable bonds is 6. The molecule has 0 aromatic heterocycles. The molecule has 7 heteroatoms. The zero-order chi connectivity index (χ0) is 17.8. The standard InChI is InChI=1S/C18H21ClN2O3S/c1-2-25-16-15(13-3-5-14(19)6-4-13)17(22)21(18(16)23)8-7-20-9-11-24-12-10-20/h3-6H,2,7-12H2,1H3. The van der Waals surface area contributed by atoms with Gasteiger partial charge in [0.15, 0.2) is 0 Å². The van der Waals surface area contributed by atoms with Gasteiger partial charge in [0, 0.05) is 31.2 Å². The molecule has 0 N–H and O–H groups in total. The number of benzene rings is 1. The summed E-state index contributed by atoms with van der Waals surface area (Å²) in [4.78, 5) is 29.8. The van der Waals surface area contributed by atoms with Crippen molar-refractivity contribution in [2.24, 2.45) is 0 Å². The fourth-order valence-corrected chi connectivity index (χ4v) is 3.97. The van der Waals surface area contributed by atoms with Crippen LogP contribution in [0.3, 0.4) is 0 Å². The highest BCUT2D eigenvalue weighted by atomic mass is 35.5. The van der Waals surface area contributed by atoms with Gasteiger partial charge in [0.2, 0.25) is 0 Å². The summed E-state index contributed by atoms with van der Waals surface area (Å²) in [5.74, 6) is 0.342. The van der Waals surface area contributed by atoms with Crippen LogP contribution in [0.15, 0.2) is 29.2 Å². The van der Waals surface area contributed by atoms with E-state index in [1.54, 1.807) is 24.3 Å². The third kappa shape index (κ3) is 4.08. The fraction of sp³-hybridized carbons (Fsp3) is 0.444. The molecule has 1 aromatic rings. The maximum absolute atomic E-state index is 12.9. The number of hydrogen-bond donors (Lipinski definition) is 0. The number of thioether (sulfide) groups is 1. The van der Waals surface area contributed by atoms with E-state index in [4.69, 9.17) is 16.3 Å². The van der Waals surface area contributed by atoms with Gasteiger partial charge >= 0.3 is 0 Å². The number of nitrogens with zero attached hydrogens (tertiary/aromatic N) is 2. The summed E-state index contributed by atoms with van der Waals surface area (Å²) in [7, 11) is 0. The fourth-order valence-electron chi connectivity index (χ4n) is 2.97. The van der Waals surface area contributed by atoms with Crippen molar-refractivity contribution < 1.29 is 14.3 Å². The molecule has 134 valence electrons. The zero-order valence-corrected chi connectivity index (χ0v) is 15.7. The summed E-state index contributed by atoms with van der Waals surface area (Å²) in [6.07, 6.45) is 0. The first-order valence-electron chi connectivity index (χ1n) is 8.41. The Labute approximate surface area is 156 Å². The molecule has 2 heterocycles. The van der Waals surface area contributed by atoms with Crippen LogP contribution in [0.5, 0.6) is 0 Å². The molecule has 1 aromatic carbocycles. The summed E-state index contributed by atoms with van der Waals surface area (Å²) in [6, 6.07) is 7.08. The summed E-state index contributed by atoms with van der Waals surface area (Å²) >= 11 is 7.37. The average Bonchev–Trinajstić information content (AvgIpc) is 2.86. The van der Waals surface area contributed by atoms with E-state index in [2.05, 4.69) is 4.90 Å². The molecule has 2 aliphatic rings. The van der Waals surface area contributed by atoms with E-state index >= 15 is 0 Å². The number of ether oxygens (including phenoxy) is 1. The third-order valence-electron chi connectivity index (χ3n) is 4.29. The molecule has 0 bridgehead atoms. The van der Waals surface area contributed by atoms with Crippen molar-refractivity contribution >= 4 is 40.8 Å². The number of halogens is 1. The van der Waals surface area contributed by atoms with Gasteiger partial charge in [0.25, 0.3) is 11.8 Å². The Morgan fingerprint density at radius 2 is 1.76 bits per heavy atom. The van der Waals surface area contributed by atoms with Crippen molar-refractivity contribution in [1.29, 1.82) is 0 Å².